The van der Waals surface area contributed by atoms with Gasteiger partial charge in [0.05, 0.1) is 17.3 Å². The molecule has 0 aliphatic carbocycles. The van der Waals surface area contributed by atoms with Gasteiger partial charge in [-0.2, -0.15) is 0 Å². The molecule has 1 aromatic carbocycles. The molecule has 13 heavy (non-hydrogen) atoms. The first-order valence-corrected chi connectivity index (χ1v) is 5.56. The zero-order valence-electron chi connectivity index (χ0n) is 7.01. The third-order valence-electron chi connectivity index (χ3n) is 1.78. The largest absolute Gasteiger partial charge is 0.237 e. The van der Waals surface area contributed by atoms with Crippen molar-refractivity contribution in [2.75, 3.05) is 6.26 Å². The van der Waals surface area contributed by atoms with Crippen molar-refractivity contribution in [1.82, 2.24) is 8.96 Å². The van der Waals surface area contributed by atoms with Crippen molar-refractivity contribution >= 4 is 21.1 Å². The van der Waals surface area contributed by atoms with Crippen molar-refractivity contribution in [3.05, 3.63) is 30.6 Å². The van der Waals surface area contributed by atoms with Crippen LogP contribution in [0.25, 0.3) is 11.0 Å². The predicted octanol–water partition coefficient (Wildman–Crippen LogP) is 0.844. The van der Waals surface area contributed by atoms with Gasteiger partial charge in [0.15, 0.2) is 0 Å². The Bertz CT molecular complexity index is 542. The van der Waals surface area contributed by atoms with Crippen LogP contribution in [0.15, 0.2) is 30.6 Å². The van der Waals surface area contributed by atoms with Crippen LogP contribution in [0.1, 0.15) is 0 Å². The highest BCUT2D eigenvalue weighted by atomic mass is 32.2. The van der Waals surface area contributed by atoms with E-state index in [0.29, 0.717) is 11.0 Å². The standard InChI is InChI=1S/C8H8N2O2S/c1-13(11,12)10-6-9-7-4-2-3-5-8(7)10/h2-6H,1H3. The van der Waals surface area contributed by atoms with E-state index in [-0.39, 0.29) is 0 Å². The molecule has 0 spiro atoms. The predicted molar refractivity (Wildman–Crippen MR) is 50.0 cm³/mol. The minimum atomic E-state index is -3.23. The van der Waals surface area contributed by atoms with E-state index in [2.05, 4.69) is 4.98 Å². The Balaban J connectivity index is 2.87. The summed E-state index contributed by atoms with van der Waals surface area (Å²) in [6.07, 6.45) is 2.47. The normalized spacial score (nSPS) is 12.1. The molecule has 1 aromatic heterocycles. The van der Waals surface area contributed by atoms with Crippen molar-refractivity contribution in [2.45, 2.75) is 0 Å². The first-order valence-electron chi connectivity index (χ1n) is 3.72. The molecule has 68 valence electrons. The number of hydrogen-bond donors (Lipinski definition) is 0. The summed E-state index contributed by atoms with van der Waals surface area (Å²) in [5.74, 6) is 0. The van der Waals surface area contributed by atoms with Crippen LogP contribution in [0.4, 0.5) is 0 Å². The Hall–Kier alpha value is -1.36. The molecule has 0 bridgehead atoms. The zero-order chi connectivity index (χ0) is 9.47. The van der Waals surface area contributed by atoms with Gasteiger partial charge in [0.1, 0.15) is 6.33 Å². The number of hydrogen-bond acceptors (Lipinski definition) is 3. The second kappa shape index (κ2) is 2.56. The number of imidazole rings is 1. The fourth-order valence-corrected chi connectivity index (χ4v) is 1.93. The summed E-state index contributed by atoms with van der Waals surface area (Å²) in [7, 11) is -3.23. The van der Waals surface area contributed by atoms with Gasteiger partial charge in [-0.25, -0.2) is 17.4 Å². The second-order valence-corrected chi connectivity index (χ2v) is 4.65. The van der Waals surface area contributed by atoms with Gasteiger partial charge >= 0.3 is 0 Å². The van der Waals surface area contributed by atoms with Crippen molar-refractivity contribution in [2.24, 2.45) is 0 Å². The molecule has 0 fully saturated rings. The lowest BCUT2D eigenvalue weighted by atomic mass is 10.3. The molecule has 0 aliphatic rings. The van der Waals surface area contributed by atoms with E-state index in [1.54, 1.807) is 18.2 Å². The van der Waals surface area contributed by atoms with E-state index in [4.69, 9.17) is 0 Å². The van der Waals surface area contributed by atoms with Gasteiger partial charge in [-0.15, -0.1) is 0 Å². The van der Waals surface area contributed by atoms with Crippen LogP contribution in [0.2, 0.25) is 0 Å². The van der Waals surface area contributed by atoms with Crippen LogP contribution in [0.5, 0.6) is 0 Å². The molecule has 0 unspecified atom stereocenters. The van der Waals surface area contributed by atoms with E-state index in [0.717, 1.165) is 6.26 Å². The molecule has 0 saturated heterocycles. The third-order valence-corrected chi connectivity index (χ3v) is 2.78. The lowest BCUT2D eigenvalue weighted by Crippen LogP contribution is -2.07. The molecule has 0 amide bonds. The molecule has 0 saturated carbocycles. The van der Waals surface area contributed by atoms with E-state index in [1.165, 1.54) is 10.3 Å². The summed E-state index contributed by atoms with van der Waals surface area (Å²) in [6.45, 7) is 0. The van der Waals surface area contributed by atoms with Crippen LogP contribution < -0.4 is 0 Å². The highest BCUT2D eigenvalue weighted by molar-refractivity contribution is 7.89. The topological polar surface area (TPSA) is 52.0 Å². The van der Waals surface area contributed by atoms with Gasteiger partial charge in [0, 0.05) is 0 Å². The number of nitrogens with zero attached hydrogens (tertiary/aromatic N) is 2. The van der Waals surface area contributed by atoms with Gasteiger partial charge < -0.3 is 0 Å². The van der Waals surface area contributed by atoms with Crippen molar-refractivity contribution in [3.63, 3.8) is 0 Å². The van der Waals surface area contributed by atoms with Crippen LogP contribution in [-0.4, -0.2) is 23.6 Å². The molecule has 5 heteroatoms. The first kappa shape index (κ1) is 8.25. The molecule has 2 aromatic rings. The monoisotopic (exact) mass is 196 g/mol. The minimum absolute atomic E-state index is 0.616. The number of fused-ring (bicyclic) bond motifs is 1. The Morgan fingerprint density at radius 3 is 2.69 bits per heavy atom. The van der Waals surface area contributed by atoms with Crippen LogP contribution in [-0.2, 0) is 10.0 Å². The van der Waals surface area contributed by atoms with Crippen LogP contribution >= 0.6 is 0 Å². The number of para-hydroxylation sites is 2. The molecule has 0 N–H and O–H groups in total. The van der Waals surface area contributed by atoms with Crippen LogP contribution in [0.3, 0.4) is 0 Å². The maximum Gasteiger partial charge on any atom is 0.237 e. The molecule has 4 nitrogen and oxygen atoms in total. The average molecular weight is 196 g/mol. The maximum absolute atomic E-state index is 11.2. The SMILES string of the molecule is CS(=O)(=O)n1cnc2ccccc21. The second-order valence-electron chi connectivity index (χ2n) is 2.79. The van der Waals surface area contributed by atoms with Crippen molar-refractivity contribution in [1.29, 1.82) is 0 Å². The number of benzene rings is 1. The smallest absolute Gasteiger partial charge is 0.236 e. The fraction of sp³-hybridized carbons (Fsp3) is 0.125. The van der Waals surface area contributed by atoms with Crippen molar-refractivity contribution in [3.8, 4) is 0 Å². The summed E-state index contributed by atoms with van der Waals surface area (Å²) in [5, 5.41) is 0. The van der Waals surface area contributed by atoms with Gasteiger partial charge in [-0.1, -0.05) is 12.1 Å². The lowest BCUT2D eigenvalue weighted by Gasteiger charge is -1.98. The summed E-state index contributed by atoms with van der Waals surface area (Å²) in [5.41, 5.74) is 1.30. The van der Waals surface area contributed by atoms with E-state index >= 15 is 0 Å². The summed E-state index contributed by atoms with van der Waals surface area (Å²) < 4.78 is 23.6. The minimum Gasteiger partial charge on any atom is -0.236 e. The Kier molecular flexibility index (Phi) is 1.63. The average Bonchev–Trinajstić information content (AvgIpc) is 2.45. The number of rotatable bonds is 1. The summed E-state index contributed by atoms with van der Waals surface area (Å²) in [6, 6.07) is 7.11. The third kappa shape index (κ3) is 1.31. The van der Waals surface area contributed by atoms with Crippen LogP contribution in [0, 0.1) is 0 Å². The van der Waals surface area contributed by atoms with E-state index in [1.807, 2.05) is 6.07 Å². The molecular formula is C8H8N2O2S. The van der Waals surface area contributed by atoms with Crippen molar-refractivity contribution < 1.29 is 8.42 Å². The zero-order valence-corrected chi connectivity index (χ0v) is 7.82. The maximum atomic E-state index is 11.2. The molecule has 1 heterocycles. The summed E-state index contributed by atoms with van der Waals surface area (Å²) in [4.78, 5) is 3.97. The molecular weight excluding hydrogens is 188 g/mol. The fourth-order valence-electron chi connectivity index (χ4n) is 1.20. The molecule has 0 aliphatic heterocycles. The van der Waals surface area contributed by atoms with E-state index < -0.39 is 10.0 Å². The quantitative estimate of drug-likeness (QED) is 0.679. The van der Waals surface area contributed by atoms with Gasteiger partial charge in [-0.3, -0.25) is 0 Å². The highest BCUT2D eigenvalue weighted by Crippen LogP contribution is 2.12. The molecule has 0 radical (unpaired) electrons. The Morgan fingerprint density at radius 2 is 2.00 bits per heavy atom. The Labute approximate surface area is 75.9 Å². The molecule has 0 atom stereocenters. The lowest BCUT2D eigenvalue weighted by molar-refractivity contribution is 0.595. The Morgan fingerprint density at radius 1 is 1.31 bits per heavy atom. The summed E-state index contributed by atoms with van der Waals surface area (Å²) >= 11 is 0. The van der Waals surface area contributed by atoms with Gasteiger partial charge in [0.2, 0.25) is 10.0 Å². The van der Waals surface area contributed by atoms with E-state index in [9.17, 15) is 8.42 Å². The first-order chi connectivity index (χ1) is 6.09. The van der Waals surface area contributed by atoms with Gasteiger partial charge in [0.25, 0.3) is 0 Å². The highest BCUT2D eigenvalue weighted by Gasteiger charge is 2.09. The number of aromatic nitrogens is 2. The molecule has 2 rings (SSSR count). The van der Waals surface area contributed by atoms with Gasteiger partial charge in [-0.05, 0) is 12.1 Å².